The molecular weight excluding hydrogens is 340 g/mol. The molecule has 0 aromatic carbocycles. The van der Waals surface area contributed by atoms with Gasteiger partial charge in [-0.2, -0.15) is 0 Å². The summed E-state index contributed by atoms with van der Waals surface area (Å²) in [7, 11) is 1.33. The van der Waals surface area contributed by atoms with Gasteiger partial charge in [-0.25, -0.2) is 9.59 Å². The molecule has 0 radical (unpaired) electrons. The Kier molecular flexibility index (Phi) is 3.43. The van der Waals surface area contributed by atoms with E-state index in [4.69, 9.17) is 14.2 Å². The van der Waals surface area contributed by atoms with Crippen molar-refractivity contribution >= 4 is 17.9 Å². The van der Waals surface area contributed by atoms with E-state index >= 15 is 0 Å². The van der Waals surface area contributed by atoms with Gasteiger partial charge in [0.25, 0.3) is 0 Å². The Morgan fingerprint density at radius 3 is 2.50 bits per heavy atom. The SMILES string of the molecule is COC(=O)C1=C(C2C[C@]3(C(=O)O)OC(=O)C2(C)C3(C)C)CC2CC[C@H]1O2. The number of carbonyl (C=O) groups is 3. The summed E-state index contributed by atoms with van der Waals surface area (Å²) in [6.07, 6.45) is 1.95. The van der Waals surface area contributed by atoms with E-state index in [-0.39, 0.29) is 24.5 Å². The van der Waals surface area contributed by atoms with Crippen molar-refractivity contribution in [3.05, 3.63) is 11.1 Å². The molecular formula is C19H24O7. The molecule has 1 N–H and O–H groups in total. The molecule has 3 aliphatic heterocycles. The fourth-order valence-corrected chi connectivity index (χ4v) is 5.64. The van der Waals surface area contributed by atoms with Crippen molar-refractivity contribution in [1.82, 2.24) is 0 Å². The largest absolute Gasteiger partial charge is 0.478 e. The van der Waals surface area contributed by atoms with E-state index in [1.54, 1.807) is 20.8 Å². The number of methoxy groups -OCH3 is 1. The molecule has 4 aliphatic rings. The lowest BCUT2D eigenvalue weighted by atomic mass is 9.62. The van der Waals surface area contributed by atoms with Crippen molar-refractivity contribution in [2.75, 3.05) is 7.11 Å². The maximum atomic E-state index is 12.8. The number of hydrogen-bond donors (Lipinski definition) is 1. The van der Waals surface area contributed by atoms with Crippen LogP contribution in [0.25, 0.3) is 0 Å². The fraction of sp³-hybridized carbons (Fsp3) is 0.737. The van der Waals surface area contributed by atoms with E-state index in [0.29, 0.717) is 12.0 Å². The molecule has 4 rings (SSSR count). The zero-order valence-corrected chi connectivity index (χ0v) is 15.5. The van der Waals surface area contributed by atoms with Gasteiger partial charge in [0.1, 0.15) is 0 Å². The smallest absolute Gasteiger partial charge is 0.348 e. The first kappa shape index (κ1) is 17.5. The number of esters is 2. The summed E-state index contributed by atoms with van der Waals surface area (Å²) in [5, 5.41) is 9.90. The average molecular weight is 364 g/mol. The van der Waals surface area contributed by atoms with Crippen molar-refractivity contribution in [2.45, 2.75) is 64.3 Å². The summed E-state index contributed by atoms with van der Waals surface area (Å²) in [5.41, 5.74) is -2.19. The minimum absolute atomic E-state index is 0.00560. The molecule has 4 bridgehead atoms. The van der Waals surface area contributed by atoms with Crippen molar-refractivity contribution in [3.63, 3.8) is 0 Å². The van der Waals surface area contributed by atoms with Crippen LogP contribution < -0.4 is 0 Å². The molecule has 7 heteroatoms. The van der Waals surface area contributed by atoms with Gasteiger partial charge in [0.05, 0.1) is 30.3 Å². The topological polar surface area (TPSA) is 99.1 Å². The van der Waals surface area contributed by atoms with E-state index in [9.17, 15) is 19.5 Å². The summed E-state index contributed by atoms with van der Waals surface area (Å²) in [5.74, 6) is -2.46. The lowest BCUT2D eigenvalue weighted by Crippen LogP contribution is -2.47. The average Bonchev–Trinajstić information content (AvgIpc) is 3.09. The summed E-state index contributed by atoms with van der Waals surface area (Å²) >= 11 is 0. The van der Waals surface area contributed by atoms with Gasteiger partial charge in [0.2, 0.25) is 5.60 Å². The zero-order valence-electron chi connectivity index (χ0n) is 15.5. The first-order valence-electron chi connectivity index (χ1n) is 9.03. The number of rotatable bonds is 3. The predicted octanol–water partition coefficient (Wildman–Crippen LogP) is 1.84. The van der Waals surface area contributed by atoms with E-state index in [0.717, 1.165) is 18.4 Å². The molecule has 0 amide bonds. The molecule has 3 heterocycles. The molecule has 0 spiro atoms. The monoisotopic (exact) mass is 364 g/mol. The van der Waals surface area contributed by atoms with E-state index < -0.39 is 34.3 Å². The Labute approximate surface area is 151 Å². The van der Waals surface area contributed by atoms with Crippen LogP contribution in [0.1, 0.15) is 46.5 Å². The van der Waals surface area contributed by atoms with Gasteiger partial charge in [0, 0.05) is 17.8 Å². The normalized spacial score (nSPS) is 42.8. The highest BCUT2D eigenvalue weighted by molar-refractivity contribution is 5.95. The highest BCUT2D eigenvalue weighted by atomic mass is 16.6. The first-order valence-corrected chi connectivity index (χ1v) is 9.03. The second-order valence-electron chi connectivity index (χ2n) is 8.56. The Balaban J connectivity index is 1.89. The van der Waals surface area contributed by atoms with Crippen LogP contribution in [0.2, 0.25) is 0 Å². The lowest BCUT2D eigenvalue weighted by Gasteiger charge is -2.38. The third-order valence-corrected chi connectivity index (χ3v) is 7.58. The van der Waals surface area contributed by atoms with E-state index in [2.05, 4.69) is 0 Å². The van der Waals surface area contributed by atoms with Gasteiger partial charge in [-0.3, -0.25) is 4.79 Å². The maximum absolute atomic E-state index is 12.8. The third-order valence-electron chi connectivity index (χ3n) is 7.58. The summed E-state index contributed by atoms with van der Waals surface area (Å²) in [4.78, 5) is 37.4. The quantitative estimate of drug-likeness (QED) is 0.763. The Bertz CT molecular complexity index is 751. The molecule has 1 saturated carbocycles. The minimum Gasteiger partial charge on any atom is -0.478 e. The molecule has 7 nitrogen and oxygen atoms in total. The minimum atomic E-state index is -1.57. The van der Waals surface area contributed by atoms with Crippen LogP contribution in [0.15, 0.2) is 11.1 Å². The maximum Gasteiger partial charge on any atom is 0.348 e. The van der Waals surface area contributed by atoms with Gasteiger partial charge in [-0.05, 0) is 26.2 Å². The van der Waals surface area contributed by atoms with Crippen LogP contribution in [-0.2, 0) is 28.6 Å². The molecule has 142 valence electrons. The molecule has 2 saturated heterocycles. The van der Waals surface area contributed by atoms with Gasteiger partial charge in [-0.1, -0.05) is 19.4 Å². The number of fused-ring (bicyclic) bond motifs is 4. The summed E-state index contributed by atoms with van der Waals surface area (Å²) in [6.45, 7) is 5.33. The second-order valence-corrected chi connectivity index (χ2v) is 8.56. The molecule has 5 atom stereocenters. The first-order chi connectivity index (χ1) is 12.1. The number of carboxylic acid groups (broad SMARTS) is 1. The number of hydrogen-bond acceptors (Lipinski definition) is 6. The van der Waals surface area contributed by atoms with Crippen LogP contribution in [-0.4, -0.2) is 47.9 Å². The van der Waals surface area contributed by atoms with Crippen LogP contribution in [0.4, 0.5) is 0 Å². The van der Waals surface area contributed by atoms with Crippen molar-refractivity contribution < 1.29 is 33.7 Å². The molecule has 0 aromatic heterocycles. The molecule has 0 aromatic rings. The molecule has 1 aliphatic carbocycles. The van der Waals surface area contributed by atoms with Crippen LogP contribution >= 0.6 is 0 Å². The number of ether oxygens (including phenoxy) is 3. The van der Waals surface area contributed by atoms with E-state index in [1.165, 1.54) is 7.11 Å². The lowest BCUT2D eigenvalue weighted by molar-refractivity contribution is -0.180. The predicted molar refractivity (Wildman–Crippen MR) is 88.0 cm³/mol. The van der Waals surface area contributed by atoms with Crippen LogP contribution in [0, 0.1) is 16.7 Å². The molecule has 26 heavy (non-hydrogen) atoms. The van der Waals surface area contributed by atoms with Gasteiger partial charge in [0.15, 0.2) is 0 Å². The Hall–Kier alpha value is -1.89. The third kappa shape index (κ3) is 1.75. The van der Waals surface area contributed by atoms with Crippen molar-refractivity contribution in [2.24, 2.45) is 16.7 Å². The standard InChI is InChI=1S/C19H24O7/c1-17(2)18(3)11(8-19(17,15(21)22)26-16(18)23)10-7-9-5-6-12(25-9)13(10)14(20)24-4/h9,11-12H,5-8H2,1-4H3,(H,21,22)/t9?,11?,12-,18?,19-/m1/s1. The van der Waals surface area contributed by atoms with Crippen molar-refractivity contribution in [3.8, 4) is 0 Å². The Morgan fingerprint density at radius 1 is 1.23 bits per heavy atom. The van der Waals surface area contributed by atoms with Gasteiger partial charge in [-0.15, -0.1) is 0 Å². The van der Waals surface area contributed by atoms with Gasteiger partial charge >= 0.3 is 17.9 Å². The van der Waals surface area contributed by atoms with Crippen molar-refractivity contribution in [1.29, 1.82) is 0 Å². The molecule has 3 fully saturated rings. The van der Waals surface area contributed by atoms with Gasteiger partial charge < -0.3 is 19.3 Å². The van der Waals surface area contributed by atoms with E-state index in [1.807, 2.05) is 0 Å². The fourth-order valence-electron chi connectivity index (χ4n) is 5.64. The number of carbonyl (C=O) groups excluding carboxylic acids is 2. The second kappa shape index (κ2) is 5.09. The summed E-state index contributed by atoms with van der Waals surface area (Å²) < 4.78 is 16.3. The Morgan fingerprint density at radius 2 is 1.92 bits per heavy atom. The summed E-state index contributed by atoms with van der Waals surface area (Å²) in [6, 6.07) is 0. The molecule has 3 unspecified atom stereocenters. The van der Waals surface area contributed by atoms with Crippen LogP contribution in [0.5, 0.6) is 0 Å². The highest BCUT2D eigenvalue weighted by Gasteiger charge is 2.80. The highest BCUT2D eigenvalue weighted by Crippen LogP contribution is 2.70. The zero-order chi connectivity index (χ0) is 19.1. The van der Waals surface area contributed by atoms with Crippen LogP contribution in [0.3, 0.4) is 0 Å². The number of aliphatic carboxylic acids is 1. The number of carboxylic acids is 1.